The molecule has 1 aliphatic heterocycles. The van der Waals surface area contributed by atoms with Gasteiger partial charge in [0.2, 0.25) is 5.91 Å². The van der Waals surface area contributed by atoms with Gasteiger partial charge in [-0.1, -0.05) is 12.1 Å². The molecule has 4 nitrogen and oxygen atoms in total. The number of ether oxygens (including phenoxy) is 1. The highest BCUT2D eigenvalue weighted by Crippen LogP contribution is 2.65. The van der Waals surface area contributed by atoms with Crippen molar-refractivity contribution in [3.8, 4) is 0 Å². The summed E-state index contributed by atoms with van der Waals surface area (Å²) in [6.07, 6.45) is 4.72. The van der Waals surface area contributed by atoms with Crippen LogP contribution in [-0.2, 0) is 9.53 Å². The number of methoxy groups -OCH3 is 1. The molecule has 1 aromatic rings. The number of nitrogens with zero attached hydrogens (tertiary/aromatic N) is 1. The monoisotopic (exact) mass is 359 g/mol. The van der Waals surface area contributed by atoms with Crippen LogP contribution >= 0.6 is 0 Å². The van der Waals surface area contributed by atoms with Gasteiger partial charge in [-0.25, -0.2) is 9.18 Å². The fourth-order valence-corrected chi connectivity index (χ4v) is 5.30. The van der Waals surface area contributed by atoms with Crippen LogP contribution in [0.3, 0.4) is 0 Å². The summed E-state index contributed by atoms with van der Waals surface area (Å²) < 4.78 is 19.8. The second kappa shape index (κ2) is 5.80. The third kappa shape index (κ3) is 2.32. The van der Waals surface area contributed by atoms with Gasteiger partial charge in [0.1, 0.15) is 5.82 Å². The second-order valence-electron chi connectivity index (χ2n) is 8.76. The molecule has 5 heteroatoms. The lowest BCUT2D eigenvalue weighted by molar-refractivity contribution is -0.185. The SMILES string of the molecule is COC(=O)c1cccc(C2CCCN(C(=O)C34CC(C3)C4)C2(C)C)c1F. The van der Waals surface area contributed by atoms with Gasteiger partial charge in [0.15, 0.2) is 0 Å². The van der Waals surface area contributed by atoms with Gasteiger partial charge in [0, 0.05) is 18.0 Å². The fourth-order valence-electron chi connectivity index (χ4n) is 5.30. The Kier molecular flexibility index (Phi) is 3.90. The largest absolute Gasteiger partial charge is 0.465 e. The van der Waals surface area contributed by atoms with Crippen LogP contribution in [-0.4, -0.2) is 36.0 Å². The molecular weight excluding hydrogens is 333 g/mol. The fraction of sp³-hybridized carbons (Fsp3) is 0.619. The maximum Gasteiger partial charge on any atom is 0.340 e. The third-order valence-electron chi connectivity index (χ3n) is 6.97. The smallest absolute Gasteiger partial charge is 0.340 e. The van der Waals surface area contributed by atoms with Crippen molar-refractivity contribution in [2.24, 2.45) is 11.3 Å². The van der Waals surface area contributed by atoms with Crippen LogP contribution < -0.4 is 0 Å². The zero-order valence-electron chi connectivity index (χ0n) is 15.7. The lowest BCUT2D eigenvalue weighted by Crippen LogP contribution is -2.66. The van der Waals surface area contributed by atoms with Gasteiger partial charge in [-0.3, -0.25) is 4.79 Å². The van der Waals surface area contributed by atoms with E-state index >= 15 is 4.39 Å². The van der Waals surface area contributed by atoms with E-state index in [1.807, 2.05) is 18.7 Å². The molecule has 1 aromatic carbocycles. The first-order valence-electron chi connectivity index (χ1n) is 9.49. The van der Waals surface area contributed by atoms with Crippen molar-refractivity contribution >= 4 is 11.9 Å². The van der Waals surface area contributed by atoms with E-state index in [0.717, 1.165) is 44.6 Å². The zero-order chi connectivity index (χ0) is 18.7. The molecule has 3 aliphatic carbocycles. The molecular formula is C21H26FNO3. The summed E-state index contributed by atoms with van der Waals surface area (Å²) in [5, 5.41) is 0. The number of piperidine rings is 1. The quantitative estimate of drug-likeness (QED) is 0.769. The number of hydrogen-bond acceptors (Lipinski definition) is 3. The van der Waals surface area contributed by atoms with Crippen molar-refractivity contribution in [2.45, 2.75) is 57.4 Å². The molecule has 2 bridgehead atoms. The molecule has 4 fully saturated rings. The number of carbonyl (C=O) groups excluding carboxylic acids is 2. The van der Waals surface area contributed by atoms with E-state index in [0.29, 0.717) is 5.56 Å². The molecule has 0 N–H and O–H groups in total. The Hall–Kier alpha value is -1.91. The molecule has 0 radical (unpaired) electrons. The normalized spacial score (nSPS) is 31.6. The Morgan fingerprint density at radius 1 is 1.23 bits per heavy atom. The van der Waals surface area contributed by atoms with E-state index in [1.54, 1.807) is 12.1 Å². The Bertz CT molecular complexity index is 756. The summed E-state index contributed by atoms with van der Waals surface area (Å²) in [6.45, 7) is 4.79. The van der Waals surface area contributed by atoms with Gasteiger partial charge in [0.25, 0.3) is 0 Å². The lowest BCUT2D eigenvalue weighted by Gasteiger charge is -2.63. The van der Waals surface area contributed by atoms with Crippen LogP contribution in [0.2, 0.25) is 0 Å². The summed E-state index contributed by atoms with van der Waals surface area (Å²) in [4.78, 5) is 27.0. The highest BCUT2D eigenvalue weighted by atomic mass is 19.1. The van der Waals surface area contributed by atoms with Crippen LogP contribution in [0.4, 0.5) is 4.39 Å². The van der Waals surface area contributed by atoms with Crippen LogP contribution in [0, 0.1) is 17.2 Å². The van der Waals surface area contributed by atoms with Crippen molar-refractivity contribution in [2.75, 3.05) is 13.7 Å². The second-order valence-corrected chi connectivity index (χ2v) is 8.76. The molecule has 5 rings (SSSR count). The first-order chi connectivity index (χ1) is 12.3. The van der Waals surface area contributed by atoms with Gasteiger partial charge in [0.05, 0.1) is 18.1 Å². The maximum atomic E-state index is 15.1. The van der Waals surface area contributed by atoms with Crippen molar-refractivity contribution in [1.29, 1.82) is 0 Å². The van der Waals surface area contributed by atoms with E-state index < -0.39 is 17.3 Å². The minimum Gasteiger partial charge on any atom is -0.465 e. The van der Waals surface area contributed by atoms with Gasteiger partial charge in [-0.15, -0.1) is 0 Å². The summed E-state index contributed by atoms with van der Waals surface area (Å²) in [7, 11) is 1.25. The number of carbonyl (C=O) groups is 2. The lowest BCUT2D eigenvalue weighted by atomic mass is 9.43. The number of esters is 1. The van der Waals surface area contributed by atoms with E-state index in [2.05, 4.69) is 0 Å². The van der Waals surface area contributed by atoms with Crippen LogP contribution in [0.5, 0.6) is 0 Å². The van der Waals surface area contributed by atoms with E-state index in [4.69, 9.17) is 4.74 Å². The van der Waals surface area contributed by atoms with Crippen molar-refractivity contribution in [3.05, 3.63) is 35.1 Å². The number of likely N-dealkylation sites (tertiary alicyclic amines) is 1. The minimum atomic E-state index is -0.667. The molecule has 140 valence electrons. The van der Waals surface area contributed by atoms with Crippen molar-refractivity contribution < 1.29 is 18.7 Å². The predicted molar refractivity (Wildman–Crippen MR) is 95.3 cm³/mol. The zero-order valence-corrected chi connectivity index (χ0v) is 15.7. The molecule has 3 saturated carbocycles. The van der Waals surface area contributed by atoms with Crippen LogP contribution in [0.1, 0.15) is 67.8 Å². The van der Waals surface area contributed by atoms with Gasteiger partial charge in [-0.05, 0) is 63.5 Å². The van der Waals surface area contributed by atoms with Gasteiger partial charge < -0.3 is 9.64 Å². The Morgan fingerprint density at radius 2 is 1.92 bits per heavy atom. The minimum absolute atomic E-state index is 0.0383. The number of rotatable bonds is 3. The summed E-state index contributed by atoms with van der Waals surface area (Å²) in [5.74, 6) is -0.328. The number of amides is 1. The average molecular weight is 359 g/mol. The van der Waals surface area contributed by atoms with Crippen molar-refractivity contribution in [1.82, 2.24) is 4.90 Å². The summed E-state index contributed by atoms with van der Waals surface area (Å²) >= 11 is 0. The summed E-state index contributed by atoms with van der Waals surface area (Å²) in [5.41, 5.74) is -0.145. The molecule has 1 atom stereocenters. The standard InChI is InChI=1S/C21H26FNO3/c1-20(2)16(14-6-4-7-15(17(14)22)18(24)26-3)8-5-9-23(20)19(25)21-10-13(11-21)12-21/h4,6-7,13,16H,5,8-12H2,1-3H3. The molecule has 0 spiro atoms. The first kappa shape index (κ1) is 17.5. The van der Waals surface area contributed by atoms with Crippen molar-refractivity contribution in [3.63, 3.8) is 0 Å². The Balaban J connectivity index is 1.66. The summed E-state index contributed by atoms with van der Waals surface area (Å²) in [6, 6.07) is 4.89. The third-order valence-corrected chi connectivity index (χ3v) is 6.97. The molecule has 1 saturated heterocycles. The van der Waals surface area contributed by atoms with E-state index in [9.17, 15) is 9.59 Å². The average Bonchev–Trinajstić information content (AvgIpc) is 2.51. The van der Waals surface area contributed by atoms with Gasteiger partial charge >= 0.3 is 5.97 Å². The maximum absolute atomic E-state index is 15.1. The Morgan fingerprint density at radius 3 is 2.50 bits per heavy atom. The number of hydrogen-bond donors (Lipinski definition) is 0. The molecule has 4 aliphatic rings. The highest BCUT2D eigenvalue weighted by Gasteiger charge is 2.63. The molecule has 26 heavy (non-hydrogen) atoms. The molecule has 0 aromatic heterocycles. The van der Waals surface area contributed by atoms with Crippen LogP contribution in [0.25, 0.3) is 0 Å². The highest BCUT2D eigenvalue weighted by molar-refractivity contribution is 5.90. The molecule has 1 amide bonds. The predicted octanol–water partition coefficient (Wildman–Crippen LogP) is 3.90. The number of halogens is 1. The molecule has 1 unspecified atom stereocenters. The topological polar surface area (TPSA) is 46.6 Å². The van der Waals surface area contributed by atoms with E-state index in [-0.39, 0.29) is 22.8 Å². The van der Waals surface area contributed by atoms with E-state index in [1.165, 1.54) is 13.2 Å². The van der Waals surface area contributed by atoms with Gasteiger partial charge in [-0.2, -0.15) is 0 Å². The molecule has 1 heterocycles. The first-order valence-corrected chi connectivity index (χ1v) is 9.49. The Labute approximate surface area is 153 Å². The van der Waals surface area contributed by atoms with Crippen LogP contribution in [0.15, 0.2) is 18.2 Å². The number of benzene rings is 1.